The van der Waals surface area contributed by atoms with Crippen LogP contribution in [0.2, 0.25) is 0 Å². The summed E-state index contributed by atoms with van der Waals surface area (Å²) >= 11 is 5.18. The molecule has 2 N–H and O–H groups in total. The second-order valence-corrected chi connectivity index (χ2v) is 5.33. The number of aryl methyl sites for hydroxylation is 1. The fourth-order valence-corrected chi connectivity index (χ4v) is 2.42. The Bertz CT molecular complexity index is 822. The van der Waals surface area contributed by atoms with E-state index in [-0.39, 0.29) is 0 Å². The van der Waals surface area contributed by atoms with E-state index in [1.165, 1.54) is 0 Å². The quantitative estimate of drug-likeness (QED) is 0.426. The molecular formula is C17H17N3O2S. The van der Waals surface area contributed by atoms with Crippen LogP contribution in [0, 0.1) is 0 Å². The second kappa shape index (κ2) is 7.11. The maximum Gasteiger partial charge on any atom is 0.187 e. The predicted molar refractivity (Wildman–Crippen MR) is 94.5 cm³/mol. The molecule has 0 spiro atoms. The molecule has 5 nitrogen and oxygen atoms in total. The van der Waals surface area contributed by atoms with Crippen molar-refractivity contribution in [2.24, 2.45) is 5.10 Å². The summed E-state index contributed by atoms with van der Waals surface area (Å²) in [6.07, 6.45) is 4.17. The highest BCUT2D eigenvalue weighted by Gasteiger charge is 2.10. The van der Waals surface area contributed by atoms with Gasteiger partial charge in [-0.1, -0.05) is 25.1 Å². The topological polar surface area (TPSA) is 62.7 Å². The summed E-state index contributed by atoms with van der Waals surface area (Å²) in [4.78, 5) is 0. The first kappa shape index (κ1) is 15.3. The third-order valence-corrected chi connectivity index (χ3v) is 3.63. The Morgan fingerprint density at radius 2 is 2.13 bits per heavy atom. The molecule has 0 saturated heterocycles. The van der Waals surface area contributed by atoms with Gasteiger partial charge in [0.15, 0.2) is 5.11 Å². The Labute approximate surface area is 139 Å². The van der Waals surface area contributed by atoms with Crippen LogP contribution in [0.4, 0.5) is 0 Å². The van der Waals surface area contributed by atoms with E-state index >= 15 is 0 Å². The lowest BCUT2D eigenvalue weighted by Crippen LogP contribution is -2.31. The van der Waals surface area contributed by atoms with Gasteiger partial charge in [0.2, 0.25) is 0 Å². The van der Waals surface area contributed by atoms with Gasteiger partial charge in [0, 0.05) is 17.4 Å². The van der Waals surface area contributed by atoms with Crippen molar-refractivity contribution in [2.45, 2.75) is 19.9 Å². The molecule has 2 heterocycles. The molecule has 0 amide bonds. The number of nitrogens with zero attached hydrogens (tertiary/aromatic N) is 1. The zero-order valence-electron chi connectivity index (χ0n) is 12.7. The lowest BCUT2D eigenvalue weighted by molar-refractivity contribution is 0.502. The third kappa shape index (κ3) is 3.60. The molecule has 0 fully saturated rings. The minimum absolute atomic E-state index is 0.434. The molecule has 0 saturated carbocycles. The zero-order chi connectivity index (χ0) is 16.1. The van der Waals surface area contributed by atoms with Crippen molar-refractivity contribution in [3.05, 3.63) is 59.7 Å². The van der Waals surface area contributed by atoms with Gasteiger partial charge in [0.25, 0.3) is 0 Å². The van der Waals surface area contributed by atoms with Crippen molar-refractivity contribution < 1.29 is 8.83 Å². The third-order valence-electron chi connectivity index (χ3n) is 3.39. The Kier molecular flexibility index (Phi) is 4.73. The highest BCUT2D eigenvalue weighted by Crippen LogP contribution is 2.24. The maximum absolute atomic E-state index is 5.82. The summed E-state index contributed by atoms with van der Waals surface area (Å²) in [5, 5.41) is 8.70. The van der Waals surface area contributed by atoms with E-state index in [0.717, 1.165) is 34.5 Å². The maximum atomic E-state index is 5.82. The van der Waals surface area contributed by atoms with Crippen molar-refractivity contribution in [3.63, 3.8) is 0 Å². The molecule has 0 bridgehead atoms. The van der Waals surface area contributed by atoms with Crippen LogP contribution in [0.3, 0.4) is 0 Å². The van der Waals surface area contributed by atoms with E-state index in [4.69, 9.17) is 21.1 Å². The number of fused-ring (bicyclic) bond motifs is 1. The summed E-state index contributed by atoms with van der Waals surface area (Å²) in [6, 6.07) is 11.6. The van der Waals surface area contributed by atoms with Crippen LogP contribution in [0.25, 0.3) is 11.0 Å². The summed E-state index contributed by atoms with van der Waals surface area (Å²) in [5.74, 6) is 1.72. The number of nitrogens with one attached hydrogen (secondary N) is 2. The standard InChI is InChI=1S/C17H17N3O2S/c1-2-15-14(13-7-3-4-8-16(13)22-15)11-19-20-17(23)18-10-12-6-5-9-21-12/h3-9,11H,2,10H2,1H3,(H2,18,20,23)/b19-11-. The van der Waals surface area contributed by atoms with Crippen LogP contribution in [-0.2, 0) is 13.0 Å². The first-order chi connectivity index (χ1) is 11.3. The van der Waals surface area contributed by atoms with Gasteiger partial charge in [0.05, 0.1) is 19.0 Å². The Morgan fingerprint density at radius 3 is 2.91 bits per heavy atom. The number of para-hydroxylation sites is 1. The lowest BCUT2D eigenvalue weighted by Gasteiger charge is -2.04. The van der Waals surface area contributed by atoms with Crippen LogP contribution in [0.15, 0.2) is 56.6 Å². The van der Waals surface area contributed by atoms with Crippen LogP contribution < -0.4 is 10.7 Å². The number of hydrogen-bond acceptors (Lipinski definition) is 4. The Morgan fingerprint density at radius 1 is 1.26 bits per heavy atom. The molecule has 3 rings (SSSR count). The van der Waals surface area contributed by atoms with Gasteiger partial charge in [-0.25, -0.2) is 0 Å². The van der Waals surface area contributed by atoms with E-state index in [9.17, 15) is 0 Å². The average Bonchev–Trinajstić information content (AvgIpc) is 3.20. The average molecular weight is 327 g/mol. The van der Waals surface area contributed by atoms with Gasteiger partial charge in [0.1, 0.15) is 17.1 Å². The van der Waals surface area contributed by atoms with Gasteiger partial charge in [-0.15, -0.1) is 0 Å². The molecule has 2 aromatic heterocycles. The smallest absolute Gasteiger partial charge is 0.187 e. The molecule has 118 valence electrons. The van der Waals surface area contributed by atoms with Crippen LogP contribution in [0.5, 0.6) is 0 Å². The van der Waals surface area contributed by atoms with Gasteiger partial charge in [-0.05, 0) is 30.4 Å². The molecule has 0 aliphatic carbocycles. The Balaban J connectivity index is 1.64. The minimum atomic E-state index is 0.434. The molecule has 0 radical (unpaired) electrons. The number of furan rings is 2. The van der Waals surface area contributed by atoms with Crippen molar-refractivity contribution in [1.82, 2.24) is 10.7 Å². The molecule has 3 aromatic rings. The lowest BCUT2D eigenvalue weighted by atomic mass is 10.1. The highest BCUT2D eigenvalue weighted by molar-refractivity contribution is 7.80. The number of hydrazone groups is 1. The van der Waals surface area contributed by atoms with E-state index in [2.05, 4.69) is 22.8 Å². The SMILES string of the molecule is CCc1oc2ccccc2c1/C=N\NC(=S)NCc1ccco1. The molecular weight excluding hydrogens is 310 g/mol. The fourth-order valence-electron chi connectivity index (χ4n) is 2.30. The van der Waals surface area contributed by atoms with E-state index in [1.807, 2.05) is 36.4 Å². The van der Waals surface area contributed by atoms with E-state index in [1.54, 1.807) is 12.5 Å². The Hall–Kier alpha value is -2.60. The highest BCUT2D eigenvalue weighted by atomic mass is 32.1. The van der Waals surface area contributed by atoms with Crippen molar-refractivity contribution in [2.75, 3.05) is 0 Å². The summed E-state index contributed by atoms with van der Waals surface area (Å²) in [6.45, 7) is 2.57. The van der Waals surface area contributed by atoms with Gasteiger partial charge in [-0.3, -0.25) is 5.43 Å². The molecule has 0 atom stereocenters. The van der Waals surface area contributed by atoms with Crippen LogP contribution in [-0.4, -0.2) is 11.3 Å². The van der Waals surface area contributed by atoms with Gasteiger partial charge < -0.3 is 14.2 Å². The van der Waals surface area contributed by atoms with Gasteiger partial charge >= 0.3 is 0 Å². The van der Waals surface area contributed by atoms with E-state index in [0.29, 0.717) is 11.7 Å². The molecule has 1 aromatic carbocycles. The zero-order valence-corrected chi connectivity index (χ0v) is 13.5. The summed E-state index contributed by atoms with van der Waals surface area (Å²) < 4.78 is 11.0. The van der Waals surface area contributed by atoms with Crippen molar-refractivity contribution in [1.29, 1.82) is 0 Å². The summed E-state index contributed by atoms with van der Waals surface area (Å²) in [7, 11) is 0. The predicted octanol–water partition coefficient (Wildman–Crippen LogP) is 3.59. The molecule has 23 heavy (non-hydrogen) atoms. The van der Waals surface area contributed by atoms with E-state index < -0.39 is 0 Å². The monoisotopic (exact) mass is 327 g/mol. The number of hydrogen-bond donors (Lipinski definition) is 2. The normalized spacial score (nSPS) is 11.2. The molecule has 0 aliphatic rings. The minimum Gasteiger partial charge on any atom is -0.467 e. The fraction of sp³-hybridized carbons (Fsp3) is 0.176. The van der Waals surface area contributed by atoms with Crippen molar-refractivity contribution in [3.8, 4) is 0 Å². The van der Waals surface area contributed by atoms with Crippen molar-refractivity contribution >= 4 is 34.5 Å². The van der Waals surface area contributed by atoms with Gasteiger partial charge in [-0.2, -0.15) is 5.10 Å². The molecule has 6 heteroatoms. The number of rotatable bonds is 5. The summed E-state index contributed by atoms with van der Waals surface area (Å²) in [5.41, 5.74) is 4.65. The first-order valence-electron chi connectivity index (χ1n) is 7.37. The van der Waals surface area contributed by atoms with Crippen LogP contribution >= 0.6 is 12.2 Å². The largest absolute Gasteiger partial charge is 0.467 e. The molecule has 0 unspecified atom stereocenters. The molecule has 0 aliphatic heterocycles. The second-order valence-electron chi connectivity index (χ2n) is 4.92. The first-order valence-corrected chi connectivity index (χ1v) is 7.78. The van der Waals surface area contributed by atoms with Crippen LogP contribution in [0.1, 0.15) is 24.0 Å². The number of benzene rings is 1. The number of thiocarbonyl (C=S) groups is 1.